The molecule has 0 N–H and O–H groups in total. The van der Waals surface area contributed by atoms with Crippen molar-refractivity contribution in [2.45, 2.75) is 19.5 Å². The zero-order valence-electron chi connectivity index (χ0n) is 13.6. The zero-order valence-corrected chi connectivity index (χ0v) is 13.6. The van der Waals surface area contributed by atoms with Gasteiger partial charge in [0.2, 0.25) is 5.89 Å². The van der Waals surface area contributed by atoms with Gasteiger partial charge in [-0.2, -0.15) is 13.2 Å². The van der Waals surface area contributed by atoms with Crippen molar-refractivity contribution in [3.63, 3.8) is 0 Å². The van der Waals surface area contributed by atoms with Crippen LogP contribution in [-0.4, -0.2) is 47.2 Å². The maximum absolute atomic E-state index is 12.6. The number of aromatic nitrogens is 2. The van der Waals surface area contributed by atoms with E-state index < -0.39 is 11.7 Å². The molecule has 0 spiro atoms. The fourth-order valence-electron chi connectivity index (χ4n) is 2.60. The first-order valence-corrected chi connectivity index (χ1v) is 7.92. The Kier molecular flexibility index (Phi) is 4.65. The highest BCUT2D eigenvalue weighted by Gasteiger charge is 2.31. The van der Waals surface area contributed by atoms with E-state index in [9.17, 15) is 18.0 Å². The number of anilines is 1. The van der Waals surface area contributed by atoms with Crippen molar-refractivity contribution >= 4 is 11.9 Å². The molecule has 0 unspecified atom stereocenters. The molecule has 3 rings (SSSR count). The van der Waals surface area contributed by atoms with Crippen LogP contribution in [0.1, 0.15) is 28.7 Å². The van der Waals surface area contributed by atoms with Gasteiger partial charge in [0.1, 0.15) is 0 Å². The quantitative estimate of drug-likeness (QED) is 0.848. The summed E-state index contributed by atoms with van der Waals surface area (Å²) in [7, 11) is 0. The second kappa shape index (κ2) is 6.73. The van der Waals surface area contributed by atoms with Crippen LogP contribution in [0.25, 0.3) is 0 Å². The average Bonchev–Trinajstić information content (AvgIpc) is 3.10. The summed E-state index contributed by atoms with van der Waals surface area (Å²) in [5.41, 5.74) is -0.524. The fraction of sp³-hybridized carbons (Fsp3) is 0.438. The molecule has 2 aromatic rings. The highest BCUT2D eigenvalue weighted by Crippen LogP contribution is 2.29. The second-order valence-corrected chi connectivity index (χ2v) is 5.69. The Labute approximate surface area is 142 Å². The molecule has 1 aromatic heterocycles. The van der Waals surface area contributed by atoms with E-state index in [-0.39, 0.29) is 11.5 Å². The van der Waals surface area contributed by atoms with Gasteiger partial charge in [-0.3, -0.25) is 4.79 Å². The Hall–Kier alpha value is -2.58. The minimum atomic E-state index is -4.41. The van der Waals surface area contributed by atoms with Crippen molar-refractivity contribution in [1.82, 2.24) is 15.1 Å². The number of hydrogen-bond acceptors (Lipinski definition) is 5. The predicted molar refractivity (Wildman–Crippen MR) is 83.2 cm³/mol. The van der Waals surface area contributed by atoms with Crippen molar-refractivity contribution in [3.8, 4) is 0 Å². The molecule has 25 heavy (non-hydrogen) atoms. The summed E-state index contributed by atoms with van der Waals surface area (Å²) in [5, 5.41) is 7.88. The largest absolute Gasteiger partial charge is 0.416 e. The number of amides is 1. The van der Waals surface area contributed by atoms with Gasteiger partial charge in [0, 0.05) is 38.2 Å². The highest BCUT2D eigenvalue weighted by molar-refractivity contribution is 5.94. The first-order valence-electron chi connectivity index (χ1n) is 7.92. The molecule has 1 aliphatic heterocycles. The van der Waals surface area contributed by atoms with Gasteiger partial charge in [-0.1, -0.05) is 12.0 Å². The van der Waals surface area contributed by atoms with E-state index in [1.807, 2.05) is 11.8 Å². The smallest absolute Gasteiger partial charge is 0.408 e. The molecule has 2 heterocycles. The van der Waals surface area contributed by atoms with E-state index in [1.54, 1.807) is 4.90 Å². The van der Waals surface area contributed by atoms with E-state index in [1.165, 1.54) is 12.1 Å². The fourth-order valence-corrected chi connectivity index (χ4v) is 2.60. The van der Waals surface area contributed by atoms with Crippen molar-refractivity contribution in [2.24, 2.45) is 0 Å². The average molecular weight is 354 g/mol. The Balaban J connectivity index is 1.61. The third-order valence-electron chi connectivity index (χ3n) is 4.06. The van der Waals surface area contributed by atoms with E-state index in [4.69, 9.17) is 4.42 Å². The van der Waals surface area contributed by atoms with Crippen LogP contribution in [0.2, 0.25) is 0 Å². The number of piperazine rings is 1. The van der Waals surface area contributed by atoms with E-state index in [0.717, 1.165) is 12.1 Å². The van der Waals surface area contributed by atoms with Gasteiger partial charge in [-0.15, -0.1) is 5.10 Å². The van der Waals surface area contributed by atoms with Crippen LogP contribution in [0.5, 0.6) is 0 Å². The number of carbonyl (C=O) groups excluding carboxylic acids is 1. The molecule has 6 nitrogen and oxygen atoms in total. The van der Waals surface area contributed by atoms with Crippen LogP contribution in [0, 0.1) is 0 Å². The number of carbonyl (C=O) groups is 1. The third kappa shape index (κ3) is 3.75. The van der Waals surface area contributed by atoms with Crippen molar-refractivity contribution in [3.05, 3.63) is 41.3 Å². The molecule has 0 bridgehead atoms. The zero-order chi connectivity index (χ0) is 18.0. The third-order valence-corrected chi connectivity index (χ3v) is 4.06. The molecule has 1 saturated heterocycles. The first kappa shape index (κ1) is 17.2. The standard InChI is InChI=1S/C16H17F3N4O2/c1-2-13-20-21-15(25-13)23-9-7-22(8-10-23)14(24)11-3-5-12(6-4-11)16(17,18)19/h3-6H,2,7-10H2,1H3. The first-order chi connectivity index (χ1) is 11.9. The predicted octanol–water partition coefficient (Wildman–Crippen LogP) is 2.61. The lowest BCUT2D eigenvalue weighted by molar-refractivity contribution is -0.137. The molecular formula is C16H17F3N4O2. The van der Waals surface area contributed by atoms with Gasteiger partial charge in [0.15, 0.2) is 0 Å². The summed E-state index contributed by atoms with van der Waals surface area (Å²) in [6.07, 6.45) is -3.76. The second-order valence-electron chi connectivity index (χ2n) is 5.69. The minimum Gasteiger partial charge on any atom is -0.408 e. The van der Waals surface area contributed by atoms with Crippen molar-refractivity contribution < 1.29 is 22.4 Å². The van der Waals surface area contributed by atoms with Gasteiger partial charge >= 0.3 is 12.2 Å². The van der Waals surface area contributed by atoms with Crippen LogP contribution in [-0.2, 0) is 12.6 Å². The van der Waals surface area contributed by atoms with Gasteiger partial charge in [-0.05, 0) is 24.3 Å². The molecule has 9 heteroatoms. The highest BCUT2D eigenvalue weighted by atomic mass is 19.4. The van der Waals surface area contributed by atoms with E-state index in [2.05, 4.69) is 10.2 Å². The normalized spacial score (nSPS) is 15.5. The summed E-state index contributed by atoms with van der Waals surface area (Å²) in [6.45, 7) is 3.83. The summed E-state index contributed by atoms with van der Waals surface area (Å²) in [6, 6.07) is 4.70. The molecule has 0 saturated carbocycles. The molecule has 0 atom stereocenters. The number of benzene rings is 1. The maximum atomic E-state index is 12.6. The monoisotopic (exact) mass is 354 g/mol. The molecule has 1 aromatic carbocycles. The minimum absolute atomic E-state index is 0.243. The topological polar surface area (TPSA) is 62.5 Å². The number of nitrogens with zero attached hydrogens (tertiary/aromatic N) is 4. The Morgan fingerprint density at radius 1 is 1.12 bits per heavy atom. The van der Waals surface area contributed by atoms with E-state index >= 15 is 0 Å². The van der Waals surface area contributed by atoms with Gasteiger partial charge < -0.3 is 14.2 Å². The van der Waals surface area contributed by atoms with Crippen LogP contribution < -0.4 is 4.90 Å². The lowest BCUT2D eigenvalue weighted by Gasteiger charge is -2.33. The Morgan fingerprint density at radius 3 is 2.28 bits per heavy atom. The van der Waals surface area contributed by atoms with Crippen LogP contribution in [0.15, 0.2) is 28.7 Å². The molecular weight excluding hydrogens is 337 g/mol. The van der Waals surface area contributed by atoms with Crippen LogP contribution in [0.3, 0.4) is 0 Å². The number of rotatable bonds is 3. The number of aryl methyl sites for hydroxylation is 1. The van der Waals surface area contributed by atoms with E-state index in [0.29, 0.717) is 44.5 Å². The van der Waals surface area contributed by atoms with Gasteiger partial charge in [0.25, 0.3) is 5.91 Å². The molecule has 134 valence electrons. The summed E-state index contributed by atoms with van der Waals surface area (Å²) < 4.78 is 43.2. The molecule has 1 amide bonds. The SMILES string of the molecule is CCc1nnc(N2CCN(C(=O)c3ccc(C(F)(F)F)cc3)CC2)o1. The molecule has 0 radical (unpaired) electrons. The van der Waals surface area contributed by atoms with Crippen molar-refractivity contribution in [2.75, 3.05) is 31.1 Å². The van der Waals surface area contributed by atoms with Gasteiger partial charge in [-0.25, -0.2) is 0 Å². The van der Waals surface area contributed by atoms with Crippen molar-refractivity contribution in [1.29, 1.82) is 0 Å². The molecule has 1 aliphatic rings. The summed E-state index contributed by atoms with van der Waals surface area (Å²) in [5.74, 6) is 0.270. The molecule has 1 fully saturated rings. The van der Waals surface area contributed by atoms with Gasteiger partial charge in [0.05, 0.1) is 5.56 Å². The molecule has 0 aliphatic carbocycles. The number of hydrogen-bond donors (Lipinski definition) is 0. The van der Waals surface area contributed by atoms with Crippen LogP contribution in [0.4, 0.5) is 19.2 Å². The number of alkyl halides is 3. The lowest BCUT2D eigenvalue weighted by Crippen LogP contribution is -2.49. The Morgan fingerprint density at radius 2 is 1.76 bits per heavy atom. The lowest BCUT2D eigenvalue weighted by atomic mass is 10.1. The maximum Gasteiger partial charge on any atom is 0.416 e. The Bertz CT molecular complexity index is 735. The number of halogens is 3. The summed E-state index contributed by atoms with van der Waals surface area (Å²) >= 11 is 0. The van der Waals surface area contributed by atoms with Crippen LogP contribution >= 0.6 is 0 Å². The summed E-state index contributed by atoms with van der Waals surface area (Å²) in [4.78, 5) is 15.9.